The summed E-state index contributed by atoms with van der Waals surface area (Å²) in [6.45, 7) is 2.87. The van der Waals surface area contributed by atoms with Crippen molar-refractivity contribution in [3.8, 4) is 11.3 Å². The van der Waals surface area contributed by atoms with Gasteiger partial charge in [0.2, 0.25) is 0 Å². The Kier molecular flexibility index (Phi) is 6.75. The Morgan fingerprint density at radius 2 is 2.16 bits per heavy atom. The Bertz CT molecular complexity index is 999. The molecule has 0 spiro atoms. The highest BCUT2D eigenvalue weighted by Crippen LogP contribution is 2.27. The zero-order valence-electron chi connectivity index (χ0n) is 16.8. The number of furan rings is 1. The van der Waals surface area contributed by atoms with E-state index in [1.54, 1.807) is 18.1 Å². The van der Waals surface area contributed by atoms with Crippen LogP contribution in [0, 0.1) is 0 Å². The molecule has 0 aliphatic carbocycles. The van der Waals surface area contributed by atoms with Gasteiger partial charge in [-0.1, -0.05) is 5.21 Å². The van der Waals surface area contributed by atoms with E-state index in [1.165, 1.54) is 0 Å². The number of methoxy groups -OCH3 is 1. The lowest BCUT2D eigenvalue weighted by Crippen LogP contribution is -2.45. The van der Waals surface area contributed by atoms with Crippen molar-refractivity contribution in [1.82, 2.24) is 29.7 Å². The van der Waals surface area contributed by atoms with Gasteiger partial charge in [-0.05, 0) is 12.1 Å². The number of hydrogen-bond donors (Lipinski definition) is 1. The maximum Gasteiger partial charge on any atom is 0.490 e. The molecule has 1 N–H and O–H groups in total. The van der Waals surface area contributed by atoms with Crippen LogP contribution in [0.2, 0.25) is 0 Å². The second-order valence-electron chi connectivity index (χ2n) is 6.87. The summed E-state index contributed by atoms with van der Waals surface area (Å²) in [6, 6.07) is 4.14. The van der Waals surface area contributed by atoms with Gasteiger partial charge in [0.25, 0.3) is 0 Å². The number of carboxylic acids is 1. The van der Waals surface area contributed by atoms with Crippen LogP contribution in [0.15, 0.2) is 35.2 Å². The van der Waals surface area contributed by atoms with Crippen molar-refractivity contribution in [3.63, 3.8) is 0 Å². The van der Waals surface area contributed by atoms with Gasteiger partial charge in [-0.25, -0.2) is 9.48 Å². The minimum Gasteiger partial charge on any atom is -0.475 e. The van der Waals surface area contributed by atoms with E-state index in [2.05, 4.69) is 20.3 Å². The molecule has 0 bridgehead atoms. The van der Waals surface area contributed by atoms with Crippen LogP contribution in [0.25, 0.3) is 11.3 Å². The van der Waals surface area contributed by atoms with Gasteiger partial charge in [-0.2, -0.15) is 18.3 Å². The summed E-state index contributed by atoms with van der Waals surface area (Å²) in [7, 11) is 3.63. The molecular formula is C18H21F3N6O4. The summed E-state index contributed by atoms with van der Waals surface area (Å²) in [5, 5.41) is 20.1. The second kappa shape index (κ2) is 9.31. The Morgan fingerprint density at radius 3 is 2.71 bits per heavy atom. The molecule has 0 fully saturated rings. The lowest BCUT2D eigenvalue weighted by Gasteiger charge is -2.34. The van der Waals surface area contributed by atoms with Gasteiger partial charge in [-0.3, -0.25) is 9.58 Å². The van der Waals surface area contributed by atoms with Gasteiger partial charge in [0.15, 0.2) is 0 Å². The molecule has 0 saturated heterocycles. The number of rotatable bonds is 5. The minimum absolute atomic E-state index is 0.232. The number of alkyl halides is 3. The third-order valence-corrected chi connectivity index (χ3v) is 4.61. The normalized spacial score (nSPS) is 16.5. The number of carboxylic acid groups (broad SMARTS) is 1. The van der Waals surface area contributed by atoms with Gasteiger partial charge < -0.3 is 14.3 Å². The van der Waals surface area contributed by atoms with E-state index in [4.69, 9.17) is 19.1 Å². The molecule has 10 nitrogen and oxygen atoms in total. The predicted octanol–water partition coefficient (Wildman–Crippen LogP) is 1.94. The van der Waals surface area contributed by atoms with Crippen molar-refractivity contribution in [2.75, 3.05) is 13.7 Å². The summed E-state index contributed by atoms with van der Waals surface area (Å²) in [4.78, 5) is 11.2. The SMILES string of the molecule is COCC1Cn2nnc(-c3cnn(C)c3)c2CN1Cc1ccco1.O=C(O)C(F)(F)F. The highest BCUT2D eigenvalue weighted by Gasteiger charge is 2.38. The second-order valence-corrected chi connectivity index (χ2v) is 6.87. The van der Waals surface area contributed by atoms with Crippen LogP contribution in [-0.2, 0) is 36.2 Å². The Labute approximate surface area is 174 Å². The molecule has 168 valence electrons. The maximum atomic E-state index is 10.6. The molecule has 1 unspecified atom stereocenters. The highest BCUT2D eigenvalue weighted by atomic mass is 19.4. The van der Waals surface area contributed by atoms with Crippen LogP contribution in [0.4, 0.5) is 13.2 Å². The molecule has 0 saturated carbocycles. The Balaban J connectivity index is 0.000000339. The number of halogens is 3. The summed E-state index contributed by atoms with van der Waals surface area (Å²) in [6.07, 6.45) is 0.406. The van der Waals surface area contributed by atoms with E-state index in [0.29, 0.717) is 6.61 Å². The number of aliphatic carboxylic acids is 1. The third-order valence-electron chi connectivity index (χ3n) is 4.61. The summed E-state index contributed by atoms with van der Waals surface area (Å²) in [5.41, 5.74) is 2.98. The first-order chi connectivity index (χ1) is 14.7. The van der Waals surface area contributed by atoms with Crippen molar-refractivity contribution in [3.05, 3.63) is 42.2 Å². The van der Waals surface area contributed by atoms with E-state index in [1.807, 2.05) is 36.3 Å². The Hall–Kier alpha value is -3.19. The van der Waals surface area contributed by atoms with Crippen LogP contribution in [0.1, 0.15) is 11.5 Å². The van der Waals surface area contributed by atoms with Crippen molar-refractivity contribution in [2.45, 2.75) is 31.9 Å². The third kappa shape index (κ3) is 5.49. The molecule has 4 heterocycles. The van der Waals surface area contributed by atoms with E-state index in [-0.39, 0.29) is 6.04 Å². The summed E-state index contributed by atoms with van der Waals surface area (Å²) in [5.74, 6) is -1.81. The molecule has 4 rings (SSSR count). The fourth-order valence-corrected chi connectivity index (χ4v) is 3.18. The fraction of sp³-hybridized carbons (Fsp3) is 0.444. The van der Waals surface area contributed by atoms with Crippen molar-refractivity contribution in [1.29, 1.82) is 0 Å². The lowest BCUT2D eigenvalue weighted by molar-refractivity contribution is -0.192. The molecule has 1 aliphatic rings. The standard InChI is InChI=1S/C16H20N6O2.C2HF3O2/c1-20-7-12(6-17-20)16-15-10-21(9-14-4-3-5-24-14)13(11-23-2)8-22(15)19-18-16;3-2(4,5)1(6)7/h3-7,13H,8-11H2,1-2H3;(H,6,7). The van der Waals surface area contributed by atoms with Crippen LogP contribution in [0.3, 0.4) is 0 Å². The molecule has 3 aromatic heterocycles. The van der Waals surface area contributed by atoms with Crippen molar-refractivity contribution < 1.29 is 32.2 Å². The number of aromatic nitrogens is 5. The predicted molar refractivity (Wildman–Crippen MR) is 99.5 cm³/mol. The molecule has 0 amide bonds. The molecule has 0 radical (unpaired) electrons. The van der Waals surface area contributed by atoms with Crippen LogP contribution >= 0.6 is 0 Å². The van der Waals surface area contributed by atoms with Crippen molar-refractivity contribution in [2.24, 2.45) is 7.05 Å². The number of ether oxygens (including phenoxy) is 1. The highest BCUT2D eigenvalue weighted by molar-refractivity contribution is 5.73. The molecule has 0 aromatic carbocycles. The molecule has 1 atom stereocenters. The number of nitrogens with zero attached hydrogens (tertiary/aromatic N) is 6. The van der Waals surface area contributed by atoms with Crippen LogP contribution < -0.4 is 0 Å². The van der Waals surface area contributed by atoms with Crippen molar-refractivity contribution >= 4 is 5.97 Å². The van der Waals surface area contributed by atoms with Gasteiger partial charge in [0, 0.05) is 32.5 Å². The zero-order chi connectivity index (χ0) is 22.6. The first kappa shape index (κ1) is 22.5. The first-order valence-corrected chi connectivity index (χ1v) is 9.16. The fourth-order valence-electron chi connectivity index (χ4n) is 3.18. The van der Waals surface area contributed by atoms with E-state index >= 15 is 0 Å². The summed E-state index contributed by atoms with van der Waals surface area (Å²) >= 11 is 0. The monoisotopic (exact) mass is 442 g/mol. The van der Waals surface area contributed by atoms with Gasteiger partial charge in [0.05, 0.1) is 43.9 Å². The largest absolute Gasteiger partial charge is 0.490 e. The quantitative estimate of drug-likeness (QED) is 0.638. The molecular weight excluding hydrogens is 421 g/mol. The maximum absolute atomic E-state index is 10.6. The minimum atomic E-state index is -5.08. The molecule has 3 aromatic rings. The number of aryl methyl sites for hydroxylation is 1. The van der Waals surface area contributed by atoms with Gasteiger partial charge >= 0.3 is 12.1 Å². The summed E-state index contributed by atoms with van der Waals surface area (Å²) < 4.78 is 46.4. The average Bonchev–Trinajstić information content (AvgIpc) is 3.43. The number of carbonyl (C=O) groups is 1. The Morgan fingerprint density at radius 1 is 1.42 bits per heavy atom. The smallest absolute Gasteiger partial charge is 0.475 e. The topological polar surface area (TPSA) is 111 Å². The van der Waals surface area contributed by atoms with Gasteiger partial charge in [0.1, 0.15) is 11.5 Å². The van der Waals surface area contributed by atoms with E-state index < -0.39 is 12.1 Å². The molecule has 13 heteroatoms. The van der Waals surface area contributed by atoms with E-state index in [0.717, 1.165) is 42.3 Å². The zero-order valence-corrected chi connectivity index (χ0v) is 16.8. The van der Waals surface area contributed by atoms with Gasteiger partial charge in [-0.15, -0.1) is 5.10 Å². The van der Waals surface area contributed by atoms with Crippen LogP contribution in [0.5, 0.6) is 0 Å². The number of fused-ring (bicyclic) bond motifs is 1. The lowest BCUT2D eigenvalue weighted by atomic mass is 10.1. The molecule has 1 aliphatic heterocycles. The van der Waals surface area contributed by atoms with Crippen LogP contribution in [-0.4, -0.2) is 66.7 Å². The van der Waals surface area contributed by atoms with E-state index in [9.17, 15) is 13.2 Å². The average molecular weight is 442 g/mol. The first-order valence-electron chi connectivity index (χ1n) is 9.16. The number of hydrogen-bond acceptors (Lipinski definition) is 7. The molecule has 31 heavy (non-hydrogen) atoms.